The maximum Gasteiger partial charge on any atom is 0.217 e. The molecule has 6 heteroatoms. The summed E-state index contributed by atoms with van der Waals surface area (Å²) in [6, 6.07) is 24.1. The molecule has 0 atom stereocenters. The van der Waals surface area contributed by atoms with Crippen molar-refractivity contribution in [2.24, 2.45) is 0 Å². The molecule has 3 heterocycles. The van der Waals surface area contributed by atoms with Crippen LogP contribution in [0.3, 0.4) is 0 Å². The molecule has 6 aromatic rings. The average Bonchev–Trinajstić information content (AvgIpc) is 3.20. The van der Waals surface area contributed by atoms with Gasteiger partial charge in [-0.15, -0.1) is 17.5 Å². The van der Waals surface area contributed by atoms with E-state index in [4.69, 9.17) is 9.72 Å². The van der Waals surface area contributed by atoms with Crippen LogP contribution in [0.15, 0.2) is 66.9 Å². The Morgan fingerprint density at radius 1 is 0.923 bits per heavy atom. The summed E-state index contributed by atoms with van der Waals surface area (Å²) in [4.78, 5) is 9.44. The Hall–Kier alpha value is -3.69. The zero-order valence-electron chi connectivity index (χ0n) is 22.1. The van der Waals surface area contributed by atoms with Crippen LogP contribution in [0.5, 0.6) is 17.4 Å². The van der Waals surface area contributed by atoms with Crippen LogP contribution in [0.25, 0.3) is 38.5 Å². The van der Waals surface area contributed by atoms with Gasteiger partial charge in [-0.1, -0.05) is 41.8 Å². The largest absolute Gasteiger partial charge is 0.505 e. The van der Waals surface area contributed by atoms with Gasteiger partial charge in [0, 0.05) is 50.0 Å². The summed E-state index contributed by atoms with van der Waals surface area (Å²) in [5.41, 5.74) is 6.90. The Labute approximate surface area is 241 Å². The van der Waals surface area contributed by atoms with Crippen molar-refractivity contribution in [3.63, 3.8) is 0 Å². The standard InChI is InChI=1S/C33H28N3O2.Pt/c1-19-6-4-9-27-31(19)26-13-11-24(38-30-16-21(3)25-12-10-20(2)33(37)32(25)35-30)18-28(26)36(27)29-17-23(14-15-34-29)22-7-5-8-22;/h4,6,9-17,22,37H,5,7-8H2,1-3H3;/q-1;. The number of aromatic nitrogens is 3. The van der Waals surface area contributed by atoms with E-state index in [0.717, 1.165) is 38.8 Å². The van der Waals surface area contributed by atoms with E-state index in [1.54, 1.807) is 0 Å². The van der Waals surface area contributed by atoms with Crippen LogP contribution < -0.4 is 4.74 Å². The van der Waals surface area contributed by atoms with Gasteiger partial charge in [-0.05, 0) is 79.8 Å². The van der Waals surface area contributed by atoms with Crippen molar-refractivity contribution in [3.8, 4) is 23.2 Å². The third kappa shape index (κ3) is 4.20. The minimum absolute atomic E-state index is 0. The molecule has 39 heavy (non-hydrogen) atoms. The second kappa shape index (κ2) is 9.80. The number of phenolic OH excluding ortho intramolecular Hbond substituents is 1. The summed E-state index contributed by atoms with van der Waals surface area (Å²) in [5.74, 6) is 2.69. The maximum absolute atomic E-state index is 10.6. The second-order valence-corrected chi connectivity index (χ2v) is 10.5. The first-order valence-corrected chi connectivity index (χ1v) is 13.2. The Kier molecular flexibility index (Phi) is 6.43. The van der Waals surface area contributed by atoms with Crippen LogP contribution in [0, 0.1) is 26.8 Å². The number of aromatic hydroxyl groups is 1. The van der Waals surface area contributed by atoms with E-state index >= 15 is 0 Å². The first-order valence-electron chi connectivity index (χ1n) is 13.2. The first kappa shape index (κ1) is 25.6. The summed E-state index contributed by atoms with van der Waals surface area (Å²) in [6.07, 6.45) is 5.71. The maximum atomic E-state index is 10.6. The number of pyridine rings is 2. The van der Waals surface area contributed by atoms with Crippen LogP contribution in [0.4, 0.5) is 0 Å². The fraction of sp³-hybridized carbons (Fsp3) is 0.212. The summed E-state index contributed by atoms with van der Waals surface area (Å²) in [6.45, 7) is 6.01. The van der Waals surface area contributed by atoms with Crippen LogP contribution in [-0.2, 0) is 21.1 Å². The predicted octanol–water partition coefficient (Wildman–Crippen LogP) is 8.22. The van der Waals surface area contributed by atoms with Crippen molar-refractivity contribution in [3.05, 3.63) is 95.2 Å². The Balaban J connectivity index is 0.00000277. The zero-order chi connectivity index (χ0) is 26.0. The normalized spacial score (nSPS) is 13.5. The topological polar surface area (TPSA) is 60.2 Å². The van der Waals surface area contributed by atoms with Crippen molar-refractivity contribution < 1.29 is 30.9 Å². The molecule has 0 amide bonds. The molecule has 1 aliphatic carbocycles. The molecule has 1 N–H and O–H groups in total. The number of fused-ring (bicyclic) bond motifs is 4. The summed E-state index contributed by atoms with van der Waals surface area (Å²) in [5, 5.41) is 13.8. The smallest absolute Gasteiger partial charge is 0.217 e. The number of phenols is 1. The number of benzene rings is 3. The van der Waals surface area contributed by atoms with Gasteiger partial charge in [-0.2, -0.15) is 6.07 Å². The molecule has 3 aromatic heterocycles. The van der Waals surface area contributed by atoms with Gasteiger partial charge in [0.25, 0.3) is 0 Å². The zero-order valence-corrected chi connectivity index (χ0v) is 24.3. The number of hydrogen-bond acceptors (Lipinski definition) is 4. The molecular formula is C33H28N3O2Pt-. The second-order valence-electron chi connectivity index (χ2n) is 10.5. The minimum atomic E-state index is 0. The Bertz CT molecular complexity index is 1890. The van der Waals surface area contributed by atoms with E-state index in [9.17, 15) is 5.11 Å². The summed E-state index contributed by atoms with van der Waals surface area (Å²) >= 11 is 0. The van der Waals surface area contributed by atoms with Crippen molar-refractivity contribution in [2.75, 3.05) is 0 Å². The van der Waals surface area contributed by atoms with Crippen molar-refractivity contribution in [1.82, 2.24) is 14.5 Å². The van der Waals surface area contributed by atoms with Gasteiger partial charge in [0.05, 0.1) is 0 Å². The first-order chi connectivity index (χ1) is 18.5. The molecule has 5 nitrogen and oxygen atoms in total. The molecular weight excluding hydrogens is 665 g/mol. The van der Waals surface area contributed by atoms with E-state index in [1.165, 1.54) is 35.8 Å². The van der Waals surface area contributed by atoms with Crippen molar-refractivity contribution in [2.45, 2.75) is 46.0 Å². The molecule has 0 unspecified atom stereocenters. The van der Waals surface area contributed by atoms with Crippen LogP contribution in [0.1, 0.15) is 47.4 Å². The molecule has 1 saturated carbocycles. The van der Waals surface area contributed by atoms with Crippen LogP contribution in [0.2, 0.25) is 0 Å². The van der Waals surface area contributed by atoms with Gasteiger partial charge in [0.15, 0.2) is 0 Å². The Morgan fingerprint density at radius 2 is 1.74 bits per heavy atom. The molecule has 0 radical (unpaired) electrons. The van der Waals surface area contributed by atoms with Gasteiger partial charge >= 0.3 is 0 Å². The number of hydrogen-bond donors (Lipinski definition) is 1. The fourth-order valence-corrected chi connectivity index (χ4v) is 5.68. The molecule has 0 aliphatic heterocycles. The number of nitrogens with zero attached hydrogens (tertiary/aromatic N) is 3. The van der Waals surface area contributed by atoms with E-state index in [2.05, 4.69) is 58.9 Å². The third-order valence-corrected chi connectivity index (χ3v) is 8.01. The van der Waals surface area contributed by atoms with Gasteiger partial charge in [-0.25, -0.2) is 9.97 Å². The summed E-state index contributed by atoms with van der Waals surface area (Å²) in [7, 11) is 0. The summed E-state index contributed by atoms with van der Waals surface area (Å²) < 4.78 is 8.46. The van der Waals surface area contributed by atoms with E-state index in [-0.39, 0.29) is 26.8 Å². The average molecular weight is 694 g/mol. The van der Waals surface area contributed by atoms with E-state index < -0.39 is 0 Å². The van der Waals surface area contributed by atoms with E-state index in [1.807, 2.05) is 44.3 Å². The Morgan fingerprint density at radius 3 is 2.54 bits per heavy atom. The predicted molar refractivity (Wildman–Crippen MR) is 152 cm³/mol. The van der Waals surface area contributed by atoms with Gasteiger partial charge in [0.2, 0.25) is 5.88 Å². The monoisotopic (exact) mass is 693 g/mol. The number of aryl methyl sites for hydroxylation is 3. The fourth-order valence-electron chi connectivity index (χ4n) is 5.68. The van der Waals surface area contributed by atoms with Crippen LogP contribution in [-0.4, -0.2) is 19.6 Å². The van der Waals surface area contributed by atoms with Crippen molar-refractivity contribution >= 4 is 32.7 Å². The molecule has 3 aromatic carbocycles. The van der Waals surface area contributed by atoms with Crippen molar-refractivity contribution in [1.29, 1.82) is 0 Å². The molecule has 0 spiro atoms. The molecule has 1 aliphatic rings. The molecule has 0 saturated heterocycles. The quantitative estimate of drug-likeness (QED) is 0.189. The third-order valence-electron chi connectivity index (χ3n) is 8.01. The van der Waals surface area contributed by atoms with Gasteiger partial charge in [0.1, 0.15) is 17.1 Å². The molecule has 0 bridgehead atoms. The van der Waals surface area contributed by atoms with E-state index in [0.29, 0.717) is 23.1 Å². The molecule has 7 rings (SSSR count). The van der Waals surface area contributed by atoms with Gasteiger partial charge in [-0.3, -0.25) is 0 Å². The van der Waals surface area contributed by atoms with Gasteiger partial charge < -0.3 is 14.4 Å². The minimum Gasteiger partial charge on any atom is -0.505 e. The number of rotatable bonds is 4. The molecule has 1 fully saturated rings. The SMILES string of the molecule is Cc1ccc2c(C)cc(Oc3[c-]c4c(cc3)c3c(C)cccc3n4-c3cc(C4CCC4)ccn3)nc2c1O.[Pt]. The number of ether oxygens (including phenoxy) is 1. The van der Waals surface area contributed by atoms with Crippen LogP contribution >= 0.6 is 0 Å². The molecule has 198 valence electrons.